The first-order chi connectivity index (χ1) is 9.16. The van der Waals surface area contributed by atoms with E-state index < -0.39 is 23.3 Å². The number of carboxylic acids is 1. The standard InChI is InChI=1S/C14H18BrNO4/c1-14(2,3)11(13(18)19)16-12(17)9-7-8(20-4)5-6-10(9)15/h5-7,11H,1-4H3,(H,16,17)(H,18,19)/t11-/m0/s1. The molecule has 0 aromatic heterocycles. The number of aliphatic carboxylic acids is 1. The largest absolute Gasteiger partial charge is 0.497 e. The molecule has 20 heavy (non-hydrogen) atoms. The van der Waals surface area contributed by atoms with Crippen molar-refractivity contribution in [3.05, 3.63) is 28.2 Å². The molecule has 0 aliphatic rings. The lowest BCUT2D eigenvalue weighted by atomic mass is 9.86. The van der Waals surface area contributed by atoms with Crippen molar-refractivity contribution in [1.29, 1.82) is 0 Å². The molecule has 1 amide bonds. The van der Waals surface area contributed by atoms with Gasteiger partial charge in [0, 0.05) is 4.47 Å². The van der Waals surface area contributed by atoms with Crippen molar-refractivity contribution >= 4 is 27.8 Å². The number of ether oxygens (including phenoxy) is 1. The fourth-order valence-corrected chi connectivity index (χ4v) is 2.09. The van der Waals surface area contributed by atoms with E-state index in [1.807, 2.05) is 0 Å². The van der Waals surface area contributed by atoms with Gasteiger partial charge >= 0.3 is 5.97 Å². The lowest BCUT2D eigenvalue weighted by Gasteiger charge is -2.27. The lowest BCUT2D eigenvalue weighted by molar-refractivity contribution is -0.142. The van der Waals surface area contributed by atoms with Gasteiger partial charge < -0.3 is 15.2 Å². The van der Waals surface area contributed by atoms with E-state index >= 15 is 0 Å². The number of halogens is 1. The van der Waals surface area contributed by atoms with Crippen molar-refractivity contribution in [2.24, 2.45) is 5.41 Å². The molecule has 0 unspecified atom stereocenters. The van der Waals surface area contributed by atoms with Crippen molar-refractivity contribution in [2.45, 2.75) is 26.8 Å². The second-order valence-electron chi connectivity index (χ2n) is 5.46. The molecule has 2 N–H and O–H groups in total. The maximum Gasteiger partial charge on any atom is 0.326 e. The van der Waals surface area contributed by atoms with Crippen molar-refractivity contribution in [1.82, 2.24) is 5.32 Å². The number of hydrogen-bond acceptors (Lipinski definition) is 3. The van der Waals surface area contributed by atoms with E-state index in [2.05, 4.69) is 21.2 Å². The molecule has 0 bridgehead atoms. The molecule has 0 aliphatic heterocycles. The van der Waals surface area contributed by atoms with Gasteiger partial charge in [-0.2, -0.15) is 0 Å². The summed E-state index contributed by atoms with van der Waals surface area (Å²) < 4.78 is 5.64. The number of hydrogen-bond donors (Lipinski definition) is 2. The Morgan fingerprint density at radius 3 is 2.40 bits per heavy atom. The van der Waals surface area contributed by atoms with Crippen LogP contribution in [0, 0.1) is 5.41 Å². The number of rotatable bonds is 4. The van der Waals surface area contributed by atoms with Gasteiger partial charge in [0.1, 0.15) is 11.8 Å². The topological polar surface area (TPSA) is 75.6 Å². The summed E-state index contributed by atoms with van der Waals surface area (Å²) in [6, 6.07) is 3.97. The van der Waals surface area contributed by atoms with Gasteiger partial charge in [-0.25, -0.2) is 4.79 Å². The molecule has 0 fully saturated rings. The molecule has 0 radical (unpaired) electrons. The smallest absolute Gasteiger partial charge is 0.326 e. The van der Waals surface area contributed by atoms with Gasteiger partial charge in [0.15, 0.2) is 0 Å². The van der Waals surface area contributed by atoms with Crippen molar-refractivity contribution in [3.8, 4) is 5.75 Å². The van der Waals surface area contributed by atoms with Gasteiger partial charge in [-0.15, -0.1) is 0 Å². The van der Waals surface area contributed by atoms with Gasteiger partial charge in [0.25, 0.3) is 5.91 Å². The summed E-state index contributed by atoms with van der Waals surface area (Å²) in [7, 11) is 1.50. The van der Waals surface area contributed by atoms with Gasteiger partial charge in [-0.3, -0.25) is 4.79 Å². The van der Waals surface area contributed by atoms with Crippen LogP contribution in [0.25, 0.3) is 0 Å². The highest BCUT2D eigenvalue weighted by Gasteiger charge is 2.33. The fraction of sp³-hybridized carbons (Fsp3) is 0.429. The Hall–Kier alpha value is -1.56. The quantitative estimate of drug-likeness (QED) is 0.881. The molecule has 0 spiro atoms. The lowest BCUT2D eigenvalue weighted by Crippen LogP contribution is -2.49. The minimum absolute atomic E-state index is 0.333. The van der Waals surface area contributed by atoms with Crippen molar-refractivity contribution < 1.29 is 19.4 Å². The SMILES string of the molecule is COc1ccc(Br)c(C(=O)N[C@@H](C(=O)O)C(C)(C)C)c1. The normalized spacial score (nSPS) is 12.7. The van der Waals surface area contributed by atoms with Crippen LogP contribution >= 0.6 is 15.9 Å². The van der Waals surface area contributed by atoms with Crippen LogP contribution in [0.5, 0.6) is 5.75 Å². The number of carboxylic acid groups (broad SMARTS) is 1. The zero-order valence-electron chi connectivity index (χ0n) is 11.9. The maximum atomic E-state index is 12.2. The molecule has 1 aromatic carbocycles. The third-order valence-electron chi connectivity index (χ3n) is 2.81. The van der Waals surface area contributed by atoms with E-state index in [0.717, 1.165) is 0 Å². The van der Waals surface area contributed by atoms with E-state index in [1.54, 1.807) is 39.0 Å². The summed E-state index contributed by atoms with van der Waals surface area (Å²) in [5.41, 5.74) is -0.257. The Balaban J connectivity index is 3.03. The van der Waals surface area contributed by atoms with E-state index in [1.165, 1.54) is 7.11 Å². The number of benzene rings is 1. The van der Waals surface area contributed by atoms with Crippen LogP contribution in [-0.4, -0.2) is 30.1 Å². The average molecular weight is 344 g/mol. The number of carbonyl (C=O) groups is 2. The van der Waals surface area contributed by atoms with Crippen LogP contribution < -0.4 is 10.1 Å². The second kappa shape index (κ2) is 6.26. The first kappa shape index (κ1) is 16.5. The van der Waals surface area contributed by atoms with E-state index in [9.17, 15) is 14.7 Å². The third kappa shape index (κ3) is 3.96. The summed E-state index contributed by atoms with van der Waals surface area (Å²) in [5, 5.41) is 11.8. The molecular weight excluding hydrogens is 326 g/mol. The Bertz CT molecular complexity index is 522. The van der Waals surface area contributed by atoms with E-state index in [-0.39, 0.29) is 0 Å². The Labute approximate surface area is 126 Å². The zero-order valence-corrected chi connectivity index (χ0v) is 13.4. The number of amides is 1. The molecule has 1 atom stereocenters. The second-order valence-corrected chi connectivity index (χ2v) is 6.31. The Kier molecular flexibility index (Phi) is 5.16. The van der Waals surface area contributed by atoms with Gasteiger partial charge in [-0.1, -0.05) is 20.8 Å². The van der Waals surface area contributed by atoms with Crippen molar-refractivity contribution in [2.75, 3.05) is 7.11 Å². The van der Waals surface area contributed by atoms with Crippen molar-refractivity contribution in [3.63, 3.8) is 0 Å². The minimum Gasteiger partial charge on any atom is -0.497 e. The van der Waals surface area contributed by atoms with E-state index in [4.69, 9.17) is 4.74 Å². The monoisotopic (exact) mass is 343 g/mol. The third-order valence-corrected chi connectivity index (χ3v) is 3.50. The summed E-state index contributed by atoms with van der Waals surface area (Å²) in [6.45, 7) is 5.27. The fourth-order valence-electron chi connectivity index (χ4n) is 1.66. The highest BCUT2D eigenvalue weighted by atomic mass is 79.9. The first-order valence-electron chi connectivity index (χ1n) is 6.04. The molecule has 0 heterocycles. The number of nitrogens with one attached hydrogen (secondary N) is 1. The molecule has 1 rings (SSSR count). The predicted molar refractivity (Wildman–Crippen MR) is 79.0 cm³/mol. The molecule has 0 aliphatic carbocycles. The van der Waals surface area contributed by atoms with Crippen LogP contribution in [0.15, 0.2) is 22.7 Å². The average Bonchev–Trinajstić information content (AvgIpc) is 2.34. The molecule has 5 nitrogen and oxygen atoms in total. The highest BCUT2D eigenvalue weighted by Crippen LogP contribution is 2.24. The summed E-state index contributed by atoms with van der Waals surface area (Å²) >= 11 is 3.27. The molecule has 1 aromatic rings. The van der Waals surface area contributed by atoms with Gasteiger partial charge in [-0.05, 0) is 39.5 Å². The van der Waals surface area contributed by atoms with Crippen LogP contribution in [0.3, 0.4) is 0 Å². The Morgan fingerprint density at radius 1 is 1.35 bits per heavy atom. The Morgan fingerprint density at radius 2 is 1.95 bits per heavy atom. The van der Waals surface area contributed by atoms with Crippen LogP contribution in [0.4, 0.5) is 0 Å². The molecule has 0 saturated carbocycles. The minimum atomic E-state index is -1.06. The van der Waals surface area contributed by atoms with Gasteiger partial charge in [0.2, 0.25) is 0 Å². The van der Waals surface area contributed by atoms with Gasteiger partial charge in [0.05, 0.1) is 12.7 Å². The summed E-state index contributed by atoms with van der Waals surface area (Å²) in [6.07, 6.45) is 0. The molecule has 110 valence electrons. The van der Waals surface area contributed by atoms with Crippen LogP contribution in [0.2, 0.25) is 0 Å². The summed E-state index contributed by atoms with van der Waals surface area (Å²) in [4.78, 5) is 23.5. The highest BCUT2D eigenvalue weighted by molar-refractivity contribution is 9.10. The molecular formula is C14H18BrNO4. The zero-order chi connectivity index (χ0) is 15.5. The van der Waals surface area contributed by atoms with Crippen LogP contribution in [0.1, 0.15) is 31.1 Å². The number of carbonyl (C=O) groups excluding carboxylic acids is 1. The molecule has 0 saturated heterocycles. The maximum absolute atomic E-state index is 12.2. The first-order valence-corrected chi connectivity index (χ1v) is 6.83. The van der Waals surface area contributed by atoms with Crippen LogP contribution in [-0.2, 0) is 4.79 Å². The van der Waals surface area contributed by atoms with E-state index in [0.29, 0.717) is 15.8 Å². The predicted octanol–water partition coefficient (Wildman–Crippen LogP) is 2.69. The molecule has 6 heteroatoms. The number of methoxy groups -OCH3 is 1. The summed E-state index contributed by atoms with van der Waals surface area (Å²) in [5.74, 6) is -0.996.